The predicted octanol–water partition coefficient (Wildman–Crippen LogP) is 3.19. The lowest BCUT2D eigenvalue weighted by Gasteiger charge is -2.21. The van der Waals surface area contributed by atoms with Crippen molar-refractivity contribution >= 4 is 5.91 Å². The van der Waals surface area contributed by atoms with Crippen LogP contribution in [0.15, 0.2) is 29.0 Å². The van der Waals surface area contributed by atoms with Crippen molar-refractivity contribution in [1.29, 1.82) is 0 Å². The number of nitrogens with zero attached hydrogens (tertiary/aromatic N) is 4. The van der Waals surface area contributed by atoms with Gasteiger partial charge in [-0.25, -0.2) is 0 Å². The van der Waals surface area contributed by atoms with E-state index < -0.39 is 0 Å². The summed E-state index contributed by atoms with van der Waals surface area (Å²) in [6, 6.07) is 3.32. The summed E-state index contributed by atoms with van der Waals surface area (Å²) in [5.41, 5.74) is 0.636. The topological polar surface area (TPSA) is 81.4 Å². The van der Waals surface area contributed by atoms with E-state index in [-0.39, 0.29) is 11.9 Å². The lowest BCUT2D eigenvalue weighted by Crippen LogP contribution is -2.30. The smallest absolute Gasteiger partial charge is 0.254 e. The number of carbonyl (C=O) groups excluding carboxylic acids is 1. The first kappa shape index (κ1) is 18.1. The quantitative estimate of drug-likeness (QED) is 0.696. The molecule has 2 aromatic rings. The normalized spacial score (nSPS) is 20.4. The molecule has 4 rings (SSSR count). The van der Waals surface area contributed by atoms with Crippen molar-refractivity contribution in [2.75, 3.05) is 19.8 Å². The summed E-state index contributed by atoms with van der Waals surface area (Å²) in [5.74, 6) is 1.89. The van der Waals surface area contributed by atoms with E-state index in [9.17, 15) is 4.79 Å². The highest BCUT2D eigenvalue weighted by molar-refractivity contribution is 5.94. The van der Waals surface area contributed by atoms with Gasteiger partial charge in [-0.2, -0.15) is 4.98 Å². The maximum Gasteiger partial charge on any atom is 0.254 e. The molecule has 1 amide bonds. The minimum Gasteiger partial charge on any atom is -0.381 e. The number of hydrogen-bond acceptors (Lipinski definition) is 6. The van der Waals surface area contributed by atoms with Crippen molar-refractivity contribution in [1.82, 2.24) is 20.0 Å². The number of aromatic nitrogens is 3. The zero-order chi connectivity index (χ0) is 18.5. The number of pyridine rings is 1. The van der Waals surface area contributed by atoms with Gasteiger partial charge >= 0.3 is 0 Å². The van der Waals surface area contributed by atoms with Gasteiger partial charge in [0.05, 0.1) is 6.61 Å². The molecular weight excluding hydrogens is 344 g/mol. The van der Waals surface area contributed by atoms with Gasteiger partial charge in [-0.3, -0.25) is 9.78 Å². The third-order valence-corrected chi connectivity index (χ3v) is 5.51. The Labute approximate surface area is 159 Å². The fourth-order valence-electron chi connectivity index (χ4n) is 4.02. The first-order chi connectivity index (χ1) is 13.3. The number of likely N-dealkylation sites (tertiary alicyclic amines) is 1. The molecule has 0 radical (unpaired) electrons. The van der Waals surface area contributed by atoms with Gasteiger partial charge in [-0.1, -0.05) is 18.0 Å². The fraction of sp³-hybridized carbons (Fsp3) is 0.600. The molecular formula is C20H26N4O3. The highest BCUT2D eigenvalue weighted by Crippen LogP contribution is 2.32. The average molecular weight is 370 g/mol. The van der Waals surface area contributed by atoms with Crippen LogP contribution in [0, 0.1) is 5.92 Å². The first-order valence-electron chi connectivity index (χ1n) is 9.92. The summed E-state index contributed by atoms with van der Waals surface area (Å²) in [6.45, 7) is 2.15. The summed E-state index contributed by atoms with van der Waals surface area (Å²) in [4.78, 5) is 23.1. The Balaban J connectivity index is 1.32. The summed E-state index contributed by atoms with van der Waals surface area (Å²) >= 11 is 0. The maximum absolute atomic E-state index is 12.8. The van der Waals surface area contributed by atoms with Crippen LogP contribution < -0.4 is 0 Å². The molecule has 7 nitrogen and oxygen atoms in total. The standard InChI is InChI=1S/C20H26N4O3/c25-20(16-7-10-21-11-8-16)24-12-3-6-17(24)19-22-18(23-27-19)9-13-26-14-15-4-1-2-5-15/h7-8,10-11,15,17H,1-6,9,12-14H2. The van der Waals surface area contributed by atoms with E-state index in [1.165, 1.54) is 25.7 Å². The minimum atomic E-state index is -0.147. The Kier molecular flexibility index (Phi) is 5.77. The fourth-order valence-corrected chi connectivity index (χ4v) is 4.02. The highest BCUT2D eigenvalue weighted by atomic mass is 16.5. The first-order valence-corrected chi connectivity index (χ1v) is 9.92. The second kappa shape index (κ2) is 8.61. The Hall–Kier alpha value is -2.28. The molecule has 1 atom stereocenters. The zero-order valence-electron chi connectivity index (χ0n) is 15.5. The lowest BCUT2D eigenvalue weighted by molar-refractivity contribution is 0.0710. The molecule has 2 aromatic heterocycles. The monoisotopic (exact) mass is 370 g/mol. The number of rotatable bonds is 7. The van der Waals surface area contributed by atoms with E-state index >= 15 is 0 Å². The van der Waals surface area contributed by atoms with Gasteiger partial charge in [0.25, 0.3) is 5.91 Å². The maximum atomic E-state index is 12.8. The van der Waals surface area contributed by atoms with Gasteiger partial charge in [0.2, 0.25) is 5.89 Å². The average Bonchev–Trinajstić information content (AvgIpc) is 3.46. The third kappa shape index (κ3) is 4.35. The predicted molar refractivity (Wildman–Crippen MR) is 98.0 cm³/mol. The van der Waals surface area contributed by atoms with Gasteiger partial charge in [0, 0.05) is 37.5 Å². The van der Waals surface area contributed by atoms with Gasteiger partial charge in [-0.05, 0) is 43.7 Å². The molecule has 1 aliphatic carbocycles. The molecule has 0 N–H and O–H groups in total. The Bertz CT molecular complexity index is 743. The molecule has 1 saturated carbocycles. The van der Waals surface area contributed by atoms with Crippen molar-refractivity contribution in [3.8, 4) is 0 Å². The van der Waals surface area contributed by atoms with Gasteiger partial charge < -0.3 is 14.2 Å². The summed E-state index contributed by atoms with van der Waals surface area (Å²) in [7, 11) is 0. The van der Waals surface area contributed by atoms with Crippen LogP contribution in [-0.4, -0.2) is 45.7 Å². The molecule has 27 heavy (non-hydrogen) atoms. The lowest BCUT2D eigenvalue weighted by atomic mass is 10.1. The molecule has 0 bridgehead atoms. The van der Waals surface area contributed by atoms with E-state index in [1.807, 2.05) is 4.90 Å². The Morgan fingerprint density at radius 3 is 2.81 bits per heavy atom. The van der Waals surface area contributed by atoms with E-state index in [2.05, 4.69) is 15.1 Å². The number of carbonyl (C=O) groups is 1. The summed E-state index contributed by atoms with van der Waals surface area (Å²) in [6.07, 6.45) is 10.9. The van der Waals surface area contributed by atoms with Crippen LogP contribution in [0.5, 0.6) is 0 Å². The van der Waals surface area contributed by atoms with Crippen LogP contribution in [0.4, 0.5) is 0 Å². The summed E-state index contributed by atoms with van der Waals surface area (Å²) in [5, 5.41) is 4.08. The molecule has 7 heteroatoms. The van der Waals surface area contributed by atoms with Crippen molar-refractivity contribution < 1.29 is 14.1 Å². The van der Waals surface area contributed by atoms with E-state index in [0.717, 1.165) is 25.4 Å². The Morgan fingerprint density at radius 1 is 1.19 bits per heavy atom. The van der Waals surface area contributed by atoms with Gasteiger partial charge in [0.1, 0.15) is 6.04 Å². The van der Waals surface area contributed by atoms with Crippen LogP contribution in [-0.2, 0) is 11.2 Å². The molecule has 0 aromatic carbocycles. The van der Waals surface area contributed by atoms with Crippen LogP contribution in [0.1, 0.15) is 66.6 Å². The Morgan fingerprint density at radius 2 is 2.00 bits per heavy atom. The SMILES string of the molecule is O=C(c1ccncc1)N1CCCC1c1nc(CCOCC2CCCC2)no1. The van der Waals surface area contributed by atoms with Crippen molar-refractivity contribution in [2.45, 2.75) is 51.0 Å². The van der Waals surface area contributed by atoms with E-state index in [4.69, 9.17) is 9.26 Å². The molecule has 144 valence electrons. The van der Waals surface area contributed by atoms with Gasteiger partial charge in [0.15, 0.2) is 5.82 Å². The molecule has 2 aliphatic rings. The van der Waals surface area contributed by atoms with E-state index in [0.29, 0.717) is 36.9 Å². The van der Waals surface area contributed by atoms with Crippen molar-refractivity contribution in [2.24, 2.45) is 5.92 Å². The van der Waals surface area contributed by atoms with E-state index in [1.54, 1.807) is 24.5 Å². The number of amides is 1. The molecule has 1 unspecified atom stereocenters. The van der Waals surface area contributed by atoms with Gasteiger partial charge in [-0.15, -0.1) is 0 Å². The van der Waals surface area contributed by atoms with Crippen LogP contribution in [0.3, 0.4) is 0 Å². The largest absolute Gasteiger partial charge is 0.381 e. The van der Waals surface area contributed by atoms with Crippen LogP contribution in [0.2, 0.25) is 0 Å². The van der Waals surface area contributed by atoms with Crippen molar-refractivity contribution in [3.05, 3.63) is 41.8 Å². The van der Waals surface area contributed by atoms with Crippen LogP contribution >= 0.6 is 0 Å². The highest BCUT2D eigenvalue weighted by Gasteiger charge is 2.34. The minimum absolute atomic E-state index is 0.0143. The molecule has 2 fully saturated rings. The summed E-state index contributed by atoms with van der Waals surface area (Å²) < 4.78 is 11.3. The van der Waals surface area contributed by atoms with Crippen molar-refractivity contribution in [3.63, 3.8) is 0 Å². The second-order valence-corrected chi connectivity index (χ2v) is 7.42. The molecule has 1 aliphatic heterocycles. The molecule has 3 heterocycles. The number of ether oxygens (including phenoxy) is 1. The number of hydrogen-bond donors (Lipinski definition) is 0. The second-order valence-electron chi connectivity index (χ2n) is 7.42. The molecule has 1 saturated heterocycles. The third-order valence-electron chi connectivity index (χ3n) is 5.51. The molecule has 0 spiro atoms. The van der Waals surface area contributed by atoms with Crippen LogP contribution in [0.25, 0.3) is 0 Å². The zero-order valence-corrected chi connectivity index (χ0v) is 15.5.